The van der Waals surface area contributed by atoms with Crippen molar-refractivity contribution in [3.63, 3.8) is 0 Å². The Morgan fingerprint density at radius 1 is 1.03 bits per heavy atom. The first-order chi connectivity index (χ1) is 17.6. The van der Waals surface area contributed by atoms with E-state index in [1.165, 1.54) is 31.2 Å². The van der Waals surface area contributed by atoms with Gasteiger partial charge in [0.25, 0.3) is 10.0 Å². The predicted octanol–water partition coefficient (Wildman–Crippen LogP) is 4.02. The molecule has 37 heavy (non-hydrogen) atoms. The first-order valence-corrected chi connectivity index (χ1v) is 13.4. The van der Waals surface area contributed by atoms with Crippen molar-refractivity contribution in [3.05, 3.63) is 88.9 Å². The van der Waals surface area contributed by atoms with E-state index in [2.05, 4.69) is 5.32 Å². The third-order valence-electron chi connectivity index (χ3n) is 5.94. The van der Waals surface area contributed by atoms with Gasteiger partial charge in [0.05, 0.1) is 17.7 Å². The normalized spacial score (nSPS) is 11.9. The van der Waals surface area contributed by atoms with Crippen LogP contribution in [-0.2, 0) is 26.2 Å². The van der Waals surface area contributed by atoms with E-state index in [4.69, 9.17) is 16.3 Å². The molecule has 0 aromatic heterocycles. The molecule has 0 saturated carbocycles. The lowest BCUT2D eigenvalue weighted by molar-refractivity contribution is -0.139. The summed E-state index contributed by atoms with van der Waals surface area (Å²) < 4.78 is 33.9. The molecule has 0 aliphatic carbocycles. The molecule has 1 N–H and O–H groups in total. The van der Waals surface area contributed by atoms with E-state index in [1.54, 1.807) is 67.6 Å². The lowest BCUT2D eigenvalue weighted by Crippen LogP contribution is -2.50. The molecule has 0 saturated heterocycles. The van der Waals surface area contributed by atoms with Gasteiger partial charge in [-0.2, -0.15) is 0 Å². The fourth-order valence-electron chi connectivity index (χ4n) is 3.73. The van der Waals surface area contributed by atoms with Gasteiger partial charge in [-0.25, -0.2) is 8.42 Å². The third kappa shape index (κ3) is 6.61. The van der Waals surface area contributed by atoms with Gasteiger partial charge in [-0.15, -0.1) is 0 Å². The summed E-state index contributed by atoms with van der Waals surface area (Å²) in [7, 11) is -1.21. The summed E-state index contributed by atoms with van der Waals surface area (Å²) >= 11 is 6.33. The number of amides is 2. The summed E-state index contributed by atoms with van der Waals surface area (Å²) in [6.45, 7) is 2.91. The molecule has 196 valence electrons. The molecule has 0 unspecified atom stereocenters. The van der Waals surface area contributed by atoms with Gasteiger partial charge in [-0.3, -0.25) is 13.9 Å². The van der Waals surface area contributed by atoms with Crippen LogP contribution in [0.15, 0.2) is 77.7 Å². The van der Waals surface area contributed by atoms with Crippen molar-refractivity contribution in [2.24, 2.45) is 0 Å². The maximum absolute atomic E-state index is 13.8. The smallest absolute Gasteiger partial charge is 0.264 e. The van der Waals surface area contributed by atoms with E-state index in [9.17, 15) is 18.0 Å². The number of methoxy groups -OCH3 is 1. The Morgan fingerprint density at radius 2 is 1.70 bits per heavy atom. The van der Waals surface area contributed by atoms with Crippen LogP contribution in [0.3, 0.4) is 0 Å². The zero-order chi connectivity index (χ0) is 27.2. The number of ether oxygens (including phenoxy) is 1. The molecule has 3 aromatic rings. The monoisotopic (exact) mass is 543 g/mol. The van der Waals surface area contributed by atoms with Gasteiger partial charge in [-0.05, 0) is 49.7 Å². The number of nitrogens with one attached hydrogen (secondary N) is 1. The summed E-state index contributed by atoms with van der Waals surface area (Å²) in [4.78, 5) is 27.6. The van der Waals surface area contributed by atoms with Gasteiger partial charge in [0.2, 0.25) is 11.8 Å². The highest BCUT2D eigenvalue weighted by Crippen LogP contribution is 2.28. The topological polar surface area (TPSA) is 96.0 Å². The average molecular weight is 544 g/mol. The molecule has 0 radical (unpaired) electrons. The lowest BCUT2D eigenvalue weighted by atomic mass is 10.1. The highest BCUT2D eigenvalue weighted by molar-refractivity contribution is 7.92. The molecule has 0 bridgehead atoms. The SMILES string of the molecule is CNC(=O)[C@@H](C)N(Cc1ccccc1Cl)C(=O)CN(c1cccc(OC)c1)S(=O)(=O)c1ccc(C)cc1. The van der Waals surface area contributed by atoms with Crippen LogP contribution in [0.25, 0.3) is 0 Å². The van der Waals surface area contributed by atoms with Crippen molar-refractivity contribution in [1.82, 2.24) is 10.2 Å². The van der Waals surface area contributed by atoms with Gasteiger partial charge in [0.15, 0.2) is 0 Å². The molecule has 0 fully saturated rings. The van der Waals surface area contributed by atoms with Crippen molar-refractivity contribution >= 4 is 39.1 Å². The number of likely N-dealkylation sites (N-methyl/N-ethyl adjacent to an activating group) is 1. The number of sulfonamides is 1. The molecular formula is C27H30ClN3O5S. The molecule has 0 aliphatic rings. The number of aryl methyl sites for hydroxylation is 1. The second kappa shape index (κ2) is 12.1. The Labute approximate surface area is 222 Å². The highest BCUT2D eigenvalue weighted by Gasteiger charge is 2.32. The summed E-state index contributed by atoms with van der Waals surface area (Å²) in [5.41, 5.74) is 1.77. The Morgan fingerprint density at radius 3 is 2.32 bits per heavy atom. The maximum atomic E-state index is 13.8. The van der Waals surface area contributed by atoms with E-state index < -0.39 is 34.4 Å². The lowest BCUT2D eigenvalue weighted by Gasteiger charge is -2.32. The van der Waals surface area contributed by atoms with Crippen LogP contribution in [0.2, 0.25) is 5.02 Å². The summed E-state index contributed by atoms with van der Waals surface area (Å²) in [5.74, 6) is -0.537. The Kier molecular flexibility index (Phi) is 9.18. The maximum Gasteiger partial charge on any atom is 0.264 e. The van der Waals surface area contributed by atoms with Crippen LogP contribution in [0.4, 0.5) is 5.69 Å². The molecule has 10 heteroatoms. The second-order valence-corrected chi connectivity index (χ2v) is 10.7. The van der Waals surface area contributed by atoms with E-state index in [0.717, 1.165) is 9.87 Å². The molecule has 1 atom stereocenters. The average Bonchev–Trinajstić information content (AvgIpc) is 2.90. The van der Waals surface area contributed by atoms with Crippen molar-refractivity contribution in [2.75, 3.05) is 25.0 Å². The first kappa shape index (κ1) is 28.0. The van der Waals surface area contributed by atoms with Crippen LogP contribution >= 0.6 is 11.6 Å². The van der Waals surface area contributed by atoms with Gasteiger partial charge in [0.1, 0.15) is 18.3 Å². The molecule has 8 nitrogen and oxygen atoms in total. The number of anilines is 1. The van der Waals surface area contributed by atoms with Crippen molar-refractivity contribution in [3.8, 4) is 5.75 Å². The standard InChI is InChI=1S/C27H30ClN3O5S/c1-19-12-14-24(15-13-19)37(34,35)31(22-9-7-10-23(16-22)36-4)18-26(32)30(20(2)27(33)29-3)17-21-8-5-6-11-25(21)28/h5-16,20H,17-18H2,1-4H3,(H,29,33)/t20-/m1/s1. The molecular weight excluding hydrogens is 514 g/mol. The van der Waals surface area contributed by atoms with Crippen molar-refractivity contribution in [1.29, 1.82) is 0 Å². The summed E-state index contributed by atoms with van der Waals surface area (Å²) in [6.07, 6.45) is 0. The van der Waals surface area contributed by atoms with Crippen LogP contribution in [0.5, 0.6) is 5.75 Å². The minimum Gasteiger partial charge on any atom is -0.497 e. The van der Waals surface area contributed by atoms with Gasteiger partial charge in [0, 0.05) is 24.7 Å². The predicted molar refractivity (Wildman–Crippen MR) is 144 cm³/mol. The highest BCUT2D eigenvalue weighted by atomic mass is 35.5. The number of benzene rings is 3. The van der Waals surface area contributed by atoms with Gasteiger partial charge in [-0.1, -0.05) is 53.6 Å². The van der Waals surface area contributed by atoms with Crippen molar-refractivity contribution < 1.29 is 22.7 Å². The largest absolute Gasteiger partial charge is 0.497 e. The minimum atomic E-state index is -4.15. The van der Waals surface area contributed by atoms with Crippen LogP contribution < -0.4 is 14.4 Å². The third-order valence-corrected chi connectivity index (χ3v) is 8.10. The van der Waals surface area contributed by atoms with E-state index in [0.29, 0.717) is 16.3 Å². The number of hydrogen-bond donors (Lipinski definition) is 1. The van der Waals surface area contributed by atoms with E-state index in [1.807, 2.05) is 6.92 Å². The van der Waals surface area contributed by atoms with Gasteiger partial charge < -0.3 is 15.0 Å². The number of nitrogens with zero attached hydrogens (tertiary/aromatic N) is 2. The minimum absolute atomic E-state index is 0.0175. The fraction of sp³-hybridized carbons (Fsp3) is 0.259. The van der Waals surface area contributed by atoms with E-state index in [-0.39, 0.29) is 17.1 Å². The summed E-state index contributed by atoms with van der Waals surface area (Å²) in [6, 6.07) is 18.9. The van der Waals surface area contributed by atoms with Crippen LogP contribution in [-0.4, -0.2) is 51.9 Å². The molecule has 0 aliphatic heterocycles. The van der Waals surface area contributed by atoms with Crippen LogP contribution in [0.1, 0.15) is 18.1 Å². The van der Waals surface area contributed by atoms with Gasteiger partial charge >= 0.3 is 0 Å². The molecule has 0 heterocycles. The number of carbonyl (C=O) groups excluding carboxylic acids is 2. The number of rotatable bonds is 10. The summed E-state index contributed by atoms with van der Waals surface area (Å²) in [5, 5.41) is 2.98. The quantitative estimate of drug-likeness (QED) is 0.417. The number of carbonyl (C=O) groups is 2. The first-order valence-electron chi connectivity index (χ1n) is 11.6. The Balaban J connectivity index is 2.06. The molecule has 2 amide bonds. The van der Waals surface area contributed by atoms with Crippen LogP contribution in [0, 0.1) is 6.92 Å². The fourth-order valence-corrected chi connectivity index (χ4v) is 5.33. The second-order valence-electron chi connectivity index (χ2n) is 8.43. The molecule has 3 rings (SSSR count). The molecule has 0 spiro atoms. The zero-order valence-corrected chi connectivity index (χ0v) is 22.7. The Hall–Kier alpha value is -3.56. The van der Waals surface area contributed by atoms with Crippen molar-refractivity contribution in [2.45, 2.75) is 31.3 Å². The number of hydrogen-bond acceptors (Lipinski definition) is 5. The molecule has 3 aromatic carbocycles. The number of halogens is 1. The Bertz CT molecular complexity index is 1360. The van der Waals surface area contributed by atoms with E-state index >= 15 is 0 Å². The zero-order valence-electron chi connectivity index (χ0n) is 21.1.